The van der Waals surface area contributed by atoms with E-state index in [1.165, 1.54) is 61.7 Å². The fraction of sp³-hybridized carbons (Fsp3) is 0.269. The first-order chi connectivity index (χ1) is 18.4. The Morgan fingerprint density at radius 2 is 1.56 bits per heavy atom. The van der Waals surface area contributed by atoms with Crippen LogP contribution in [0.15, 0.2) is 76.5 Å². The number of sulfonamides is 2. The highest BCUT2D eigenvalue weighted by Gasteiger charge is 2.28. The van der Waals surface area contributed by atoms with Crippen molar-refractivity contribution in [1.82, 2.24) is 4.72 Å². The van der Waals surface area contributed by atoms with Crippen LogP contribution in [0.1, 0.15) is 20.8 Å². The van der Waals surface area contributed by atoms with Gasteiger partial charge in [0.25, 0.3) is 10.0 Å². The Balaban J connectivity index is 1.96. The fourth-order valence-electron chi connectivity index (χ4n) is 3.57. The van der Waals surface area contributed by atoms with Crippen LogP contribution in [0.4, 0.5) is 15.8 Å². The van der Waals surface area contributed by atoms with Gasteiger partial charge in [0, 0.05) is 6.04 Å². The molecule has 10 nitrogen and oxygen atoms in total. The Bertz CT molecular complexity index is 1510. The van der Waals surface area contributed by atoms with Crippen LogP contribution in [0.2, 0.25) is 0 Å². The Labute approximate surface area is 227 Å². The molecule has 39 heavy (non-hydrogen) atoms. The number of benzene rings is 3. The lowest BCUT2D eigenvalue weighted by Gasteiger charge is -2.24. The monoisotopic (exact) mass is 579 g/mol. The summed E-state index contributed by atoms with van der Waals surface area (Å²) in [6.45, 7) is 4.82. The summed E-state index contributed by atoms with van der Waals surface area (Å²) >= 11 is 0. The largest absolute Gasteiger partial charge is 0.495 e. The normalized spacial score (nSPS) is 11.7. The van der Waals surface area contributed by atoms with E-state index >= 15 is 0 Å². The summed E-state index contributed by atoms with van der Waals surface area (Å²) in [5.41, 5.74) is 0.0662. The summed E-state index contributed by atoms with van der Waals surface area (Å²) in [6, 6.07) is 13.8. The molecule has 0 spiro atoms. The van der Waals surface area contributed by atoms with E-state index in [0.717, 1.165) is 16.4 Å². The van der Waals surface area contributed by atoms with Gasteiger partial charge >= 0.3 is 0 Å². The van der Waals surface area contributed by atoms with Crippen LogP contribution in [-0.2, 0) is 24.8 Å². The predicted molar refractivity (Wildman–Crippen MR) is 146 cm³/mol. The van der Waals surface area contributed by atoms with Crippen LogP contribution in [-0.4, -0.2) is 49.0 Å². The number of amides is 1. The number of hydrogen-bond acceptors (Lipinski definition) is 7. The van der Waals surface area contributed by atoms with E-state index in [0.29, 0.717) is 12.4 Å². The van der Waals surface area contributed by atoms with Crippen molar-refractivity contribution in [2.75, 3.05) is 29.9 Å². The lowest BCUT2D eigenvalue weighted by molar-refractivity contribution is -0.114. The third-order valence-electron chi connectivity index (χ3n) is 5.27. The molecular weight excluding hydrogens is 549 g/mol. The number of rotatable bonds is 12. The number of carbonyl (C=O) groups is 1. The number of nitrogens with zero attached hydrogens (tertiary/aromatic N) is 1. The van der Waals surface area contributed by atoms with Gasteiger partial charge in [-0.1, -0.05) is 0 Å². The van der Waals surface area contributed by atoms with Gasteiger partial charge < -0.3 is 14.8 Å². The quantitative estimate of drug-likeness (QED) is 0.334. The molecule has 0 aliphatic carbocycles. The number of nitrogens with one attached hydrogen (secondary N) is 2. The molecule has 1 amide bonds. The Hall–Kier alpha value is -3.68. The van der Waals surface area contributed by atoms with Crippen LogP contribution in [0.3, 0.4) is 0 Å². The van der Waals surface area contributed by atoms with Gasteiger partial charge in [0.2, 0.25) is 15.9 Å². The molecule has 3 aromatic rings. The van der Waals surface area contributed by atoms with Gasteiger partial charge in [-0.3, -0.25) is 9.10 Å². The zero-order valence-corrected chi connectivity index (χ0v) is 23.5. The van der Waals surface area contributed by atoms with E-state index in [4.69, 9.17) is 9.47 Å². The van der Waals surface area contributed by atoms with E-state index < -0.39 is 38.3 Å². The van der Waals surface area contributed by atoms with Gasteiger partial charge in [-0.25, -0.2) is 25.9 Å². The lowest BCUT2D eigenvalue weighted by atomic mass is 10.3. The molecule has 0 saturated heterocycles. The number of carbonyl (C=O) groups excluding carboxylic acids is 1. The second-order valence-electron chi connectivity index (χ2n) is 8.58. The first-order valence-corrected chi connectivity index (χ1v) is 14.8. The molecule has 0 fully saturated rings. The summed E-state index contributed by atoms with van der Waals surface area (Å²) in [6.07, 6.45) is 0. The van der Waals surface area contributed by atoms with Crippen molar-refractivity contribution >= 4 is 37.3 Å². The topological polar surface area (TPSA) is 131 Å². The maximum atomic E-state index is 13.6. The number of hydrogen-bond donors (Lipinski definition) is 2. The molecule has 0 aliphatic heterocycles. The second-order valence-corrected chi connectivity index (χ2v) is 12.2. The molecule has 0 unspecified atom stereocenters. The van der Waals surface area contributed by atoms with Crippen LogP contribution in [0.25, 0.3) is 0 Å². The number of halogens is 1. The zero-order chi connectivity index (χ0) is 28.8. The minimum atomic E-state index is -4.29. The van der Waals surface area contributed by atoms with E-state index in [1.807, 2.05) is 0 Å². The highest BCUT2D eigenvalue weighted by Crippen LogP contribution is 2.29. The van der Waals surface area contributed by atoms with Gasteiger partial charge in [-0.2, -0.15) is 0 Å². The highest BCUT2D eigenvalue weighted by molar-refractivity contribution is 7.92. The maximum absolute atomic E-state index is 13.6. The van der Waals surface area contributed by atoms with Crippen LogP contribution in [0, 0.1) is 5.82 Å². The molecule has 2 N–H and O–H groups in total. The summed E-state index contributed by atoms with van der Waals surface area (Å²) in [5, 5.41) is 2.53. The van der Waals surface area contributed by atoms with Crippen molar-refractivity contribution in [3.8, 4) is 11.5 Å². The Kier molecular flexibility index (Phi) is 9.54. The summed E-state index contributed by atoms with van der Waals surface area (Å²) in [4.78, 5) is 12.9. The van der Waals surface area contributed by atoms with E-state index in [1.54, 1.807) is 20.8 Å². The molecule has 0 aromatic heterocycles. The summed E-state index contributed by atoms with van der Waals surface area (Å²) < 4.78 is 79.9. The van der Waals surface area contributed by atoms with E-state index in [9.17, 15) is 26.0 Å². The molecular formula is C26H30FN3O7S2. The minimum absolute atomic E-state index is 0.0200. The number of ether oxygens (including phenoxy) is 2. The Morgan fingerprint density at radius 3 is 2.13 bits per heavy atom. The van der Waals surface area contributed by atoms with Gasteiger partial charge in [0.1, 0.15) is 23.9 Å². The molecule has 3 aromatic carbocycles. The van der Waals surface area contributed by atoms with Crippen molar-refractivity contribution in [2.24, 2.45) is 0 Å². The fourth-order valence-corrected chi connectivity index (χ4v) is 6.27. The number of anilines is 2. The van der Waals surface area contributed by atoms with Crippen molar-refractivity contribution < 1.29 is 35.5 Å². The molecule has 0 aliphatic rings. The Morgan fingerprint density at radius 1 is 0.949 bits per heavy atom. The van der Waals surface area contributed by atoms with Gasteiger partial charge in [-0.15, -0.1) is 0 Å². The molecule has 3 rings (SSSR count). The van der Waals surface area contributed by atoms with Crippen LogP contribution >= 0.6 is 0 Å². The average molecular weight is 580 g/mol. The smallest absolute Gasteiger partial charge is 0.264 e. The second kappa shape index (κ2) is 12.5. The highest BCUT2D eigenvalue weighted by atomic mass is 32.2. The molecule has 0 heterocycles. The predicted octanol–water partition coefficient (Wildman–Crippen LogP) is 3.75. The van der Waals surface area contributed by atoms with Crippen molar-refractivity contribution in [1.29, 1.82) is 0 Å². The standard InChI is InChI=1S/C26H30FN3O7S2/c1-5-37-21-10-12-22(13-11-21)39(34,35)30(20-8-6-19(27)7-9-20)17-26(31)28-24-16-23(14-15-25(24)36-4)38(32,33)29-18(2)3/h6-16,18,29H,5,17H2,1-4H3,(H,28,31). The van der Waals surface area contributed by atoms with E-state index in [-0.39, 0.29) is 33.0 Å². The lowest BCUT2D eigenvalue weighted by Crippen LogP contribution is -2.38. The number of methoxy groups -OCH3 is 1. The molecule has 0 saturated carbocycles. The molecule has 0 radical (unpaired) electrons. The van der Waals surface area contributed by atoms with Gasteiger partial charge in [-0.05, 0) is 87.5 Å². The van der Waals surface area contributed by atoms with Crippen LogP contribution in [0.5, 0.6) is 11.5 Å². The zero-order valence-electron chi connectivity index (χ0n) is 21.8. The third kappa shape index (κ3) is 7.46. The molecule has 210 valence electrons. The summed E-state index contributed by atoms with van der Waals surface area (Å²) in [7, 11) is -6.84. The average Bonchev–Trinajstić information content (AvgIpc) is 2.87. The minimum Gasteiger partial charge on any atom is -0.495 e. The van der Waals surface area contributed by atoms with Crippen molar-refractivity contribution in [3.05, 3.63) is 72.5 Å². The van der Waals surface area contributed by atoms with Gasteiger partial charge in [0.05, 0.1) is 34.9 Å². The SMILES string of the molecule is CCOc1ccc(S(=O)(=O)N(CC(=O)Nc2cc(S(=O)(=O)NC(C)C)ccc2OC)c2ccc(F)cc2)cc1. The van der Waals surface area contributed by atoms with E-state index in [2.05, 4.69) is 10.0 Å². The first kappa shape index (κ1) is 29.9. The van der Waals surface area contributed by atoms with Crippen molar-refractivity contribution in [3.63, 3.8) is 0 Å². The maximum Gasteiger partial charge on any atom is 0.264 e. The molecule has 0 atom stereocenters. The molecule has 13 heteroatoms. The third-order valence-corrected chi connectivity index (χ3v) is 8.72. The van der Waals surface area contributed by atoms with Crippen molar-refractivity contribution in [2.45, 2.75) is 36.6 Å². The first-order valence-electron chi connectivity index (χ1n) is 11.9. The molecule has 0 bridgehead atoms. The summed E-state index contributed by atoms with van der Waals surface area (Å²) in [5.74, 6) is -0.746. The van der Waals surface area contributed by atoms with Gasteiger partial charge in [0.15, 0.2) is 0 Å². The van der Waals surface area contributed by atoms with Crippen LogP contribution < -0.4 is 23.8 Å².